The lowest BCUT2D eigenvalue weighted by molar-refractivity contribution is 0.100. The van der Waals surface area contributed by atoms with Crippen LogP contribution in [0.15, 0.2) is 90.0 Å². The second-order valence-corrected chi connectivity index (χ2v) is 7.73. The molecule has 38 heavy (non-hydrogen) atoms. The Labute approximate surface area is 226 Å². The standard InChI is InChI=1S/C18H12O2.C9H8O.3C2H6.O2/c19-17-13-7-3-1-5-11(13)9-15(17)16-10-12-6-2-4-8-14(12)18(16)20;10-9-6-5-7-3-1-2-4-8(7)9;4*1-2/h1-8H,9-10H2;1-4,6,10H,5H2;3*1-2H3;/b16-15+;;;;;. The molecule has 3 aliphatic carbocycles. The smallest absolute Gasteiger partial charge is 0.190 e. The Bertz CT molecular complexity index is 1220. The molecule has 1 N–H and O–H groups in total. The molecule has 6 rings (SSSR count). The van der Waals surface area contributed by atoms with E-state index in [2.05, 4.69) is 0 Å². The van der Waals surface area contributed by atoms with Crippen molar-refractivity contribution in [2.75, 3.05) is 0 Å². The summed E-state index contributed by atoms with van der Waals surface area (Å²) < 4.78 is 0. The Morgan fingerprint density at radius 3 is 1.24 bits per heavy atom. The molecular weight excluding hydrogens is 476 g/mol. The van der Waals surface area contributed by atoms with Gasteiger partial charge in [-0.2, -0.15) is 0 Å². The van der Waals surface area contributed by atoms with Crippen LogP contribution in [0.25, 0.3) is 5.76 Å². The number of carbonyl (C=O) groups excluding carboxylic acids is 2. The largest absolute Gasteiger partial charge is 0.508 e. The predicted octanol–water partition coefficient (Wildman–Crippen LogP) is 8.45. The molecule has 0 aliphatic heterocycles. The minimum Gasteiger partial charge on any atom is -0.508 e. The van der Waals surface area contributed by atoms with Gasteiger partial charge >= 0.3 is 0 Å². The number of aliphatic hydroxyl groups excluding tert-OH is 1. The third kappa shape index (κ3) is 7.00. The average Bonchev–Trinajstić information content (AvgIpc) is 3.66. The number of fused-ring (bicyclic) bond motifs is 3. The summed E-state index contributed by atoms with van der Waals surface area (Å²) in [4.78, 5) is 38.9. The minimum atomic E-state index is 0.0248. The van der Waals surface area contributed by atoms with Crippen LogP contribution < -0.4 is 0 Å². The zero-order chi connectivity index (χ0) is 28.7. The summed E-state index contributed by atoms with van der Waals surface area (Å²) in [7, 11) is 0. The van der Waals surface area contributed by atoms with Crippen LogP contribution in [0.3, 0.4) is 0 Å². The molecule has 0 radical (unpaired) electrons. The van der Waals surface area contributed by atoms with Gasteiger partial charge in [0.25, 0.3) is 0 Å². The first-order valence-electron chi connectivity index (χ1n) is 13.2. The van der Waals surface area contributed by atoms with Crippen molar-refractivity contribution in [3.8, 4) is 0 Å². The van der Waals surface area contributed by atoms with Gasteiger partial charge in [-0.1, -0.05) is 114 Å². The predicted molar refractivity (Wildman–Crippen MR) is 158 cm³/mol. The van der Waals surface area contributed by atoms with Crippen molar-refractivity contribution < 1.29 is 14.7 Å². The number of carbonyl (C=O) groups is 2. The SMILES string of the molecule is CC.CC.CC.O=C1/C(=C2\Cc3ccccc3C2=O)Cc2ccccc21.O=O.OC1=CCc2ccccc21. The molecule has 0 heterocycles. The van der Waals surface area contributed by atoms with Crippen LogP contribution in [0.4, 0.5) is 0 Å². The Kier molecular flexibility index (Phi) is 13.9. The molecule has 0 atom stereocenters. The lowest BCUT2D eigenvalue weighted by Crippen LogP contribution is -2.05. The zero-order valence-corrected chi connectivity index (χ0v) is 23.2. The molecule has 0 bridgehead atoms. The zero-order valence-electron chi connectivity index (χ0n) is 23.2. The molecule has 0 amide bonds. The minimum absolute atomic E-state index is 0.0248. The number of rotatable bonds is 0. The first kappa shape index (κ1) is 31.9. The second kappa shape index (κ2) is 16.6. The van der Waals surface area contributed by atoms with E-state index in [0.29, 0.717) is 29.7 Å². The molecule has 0 aromatic heterocycles. The van der Waals surface area contributed by atoms with E-state index in [1.165, 1.54) is 5.56 Å². The van der Waals surface area contributed by atoms with Gasteiger partial charge in [0.05, 0.1) is 0 Å². The maximum absolute atomic E-state index is 12.5. The van der Waals surface area contributed by atoms with Crippen molar-refractivity contribution in [1.29, 1.82) is 0 Å². The van der Waals surface area contributed by atoms with Crippen LogP contribution in [0.1, 0.15) is 84.5 Å². The van der Waals surface area contributed by atoms with E-state index in [0.717, 1.165) is 34.2 Å². The van der Waals surface area contributed by atoms with Crippen LogP contribution in [0, 0.1) is 9.93 Å². The lowest BCUT2D eigenvalue weighted by atomic mass is 10.0. The molecular formula is C33H38O5. The number of allylic oxidation sites excluding steroid dienone is 3. The summed E-state index contributed by atoms with van der Waals surface area (Å²) in [6.07, 6.45) is 3.89. The molecule has 5 nitrogen and oxygen atoms in total. The van der Waals surface area contributed by atoms with Crippen LogP contribution >= 0.6 is 0 Å². The van der Waals surface area contributed by atoms with E-state index >= 15 is 0 Å². The quantitative estimate of drug-likeness (QED) is 0.304. The molecule has 200 valence electrons. The monoisotopic (exact) mass is 514 g/mol. The fourth-order valence-corrected chi connectivity index (χ4v) is 4.41. The highest BCUT2D eigenvalue weighted by Crippen LogP contribution is 2.34. The van der Waals surface area contributed by atoms with Crippen molar-refractivity contribution in [2.24, 2.45) is 0 Å². The summed E-state index contributed by atoms with van der Waals surface area (Å²) in [5.74, 6) is 0.476. The Morgan fingerprint density at radius 1 is 0.526 bits per heavy atom. The molecule has 0 saturated heterocycles. The molecule has 3 aromatic carbocycles. The summed E-state index contributed by atoms with van der Waals surface area (Å²) in [6.45, 7) is 12.0. The number of Topliss-reactive ketones (excluding diaryl/α,β-unsaturated/α-hetero) is 2. The Morgan fingerprint density at radius 2 is 0.868 bits per heavy atom. The molecule has 0 saturated carbocycles. The van der Waals surface area contributed by atoms with Gasteiger partial charge in [0, 0.05) is 50.6 Å². The molecule has 0 unspecified atom stereocenters. The van der Waals surface area contributed by atoms with Crippen LogP contribution in [0.5, 0.6) is 0 Å². The van der Waals surface area contributed by atoms with Crippen molar-refractivity contribution in [3.63, 3.8) is 0 Å². The van der Waals surface area contributed by atoms with Crippen LogP contribution in [0.2, 0.25) is 0 Å². The van der Waals surface area contributed by atoms with E-state index in [1.54, 1.807) is 0 Å². The molecule has 0 fully saturated rings. The summed E-state index contributed by atoms with van der Waals surface area (Å²) in [5, 5.41) is 9.24. The number of ketones is 2. The van der Waals surface area contributed by atoms with Gasteiger partial charge in [0.1, 0.15) is 5.76 Å². The summed E-state index contributed by atoms with van der Waals surface area (Å²) >= 11 is 0. The van der Waals surface area contributed by atoms with Gasteiger partial charge in [-0.15, -0.1) is 0 Å². The third-order valence-electron chi connectivity index (χ3n) is 5.98. The summed E-state index contributed by atoms with van der Waals surface area (Å²) in [5.41, 5.74) is 7.15. The van der Waals surface area contributed by atoms with E-state index in [4.69, 9.17) is 9.93 Å². The normalized spacial score (nSPS) is 15.1. The number of aliphatic hydroxyl groups is 1. The van der Waals surface area contributed by atoms with Gasteiger partial charge in [0.15, 0.2) is 11.6 Å². The Balaban J connectivity index is 0.000000339. The molecule has 0 spiro atoms. The molecule has 3 aliphatic rings. The molecule has 3 aromatic rings. The van der Waals surface area contributed by atoms with Crippen molar-refractivity contribution in [1.82, 2.24) is 0 Å². The highest BCUT2D eigenvalue weighted by atomic mass is 16.7. The second-order valence-electron chi connectivity index (χ2n) is 7.73. The van der Waals surface area contributed by atoms with Crippen molar-refractivity contribution in [3.05, 3.63) is 133 Å². The first-order valence-corrected chi connectivity index (χ1v) is 13.2. The van der Waals surface area contributed by atoms with Crippen LogP contribution in [-0.2, 0) is 19.3 Å². The van der Waals surface area contributed by atoms with E-state index in [9.17, 15) is 14.7 Å². The lowest BCUT2D eigenvalue weighted by Gasteiger charge is -2.00. The Hall–Kier alpha value is -4.12. The fraction of sp³-hybridized carbons (Fsp3) is 0.273. The van der Waals surface area contributed by atoms with Crippen LogP contribution in [-0.4, -0.2) is 16.7 Å². The number of hydrogen-bond donors (Lipinski definition) is 1. The van der Waals surface area contributed by atoms with Gasteiger partial charge in [-0.05, 0) is 29.2 Å². The maximum Gasteiger partial charge on any atom is 0.190 e. The van der Waals surface area contributed by atoms with E-state index in [1.807, 2.05) is 120 Å². The maximum atomic E-state index is 12.5. The highest BCUT2D eigenvalue weighted by molar-refractivity contribution is 6.22. The topological polar surface area (TPSA) is 88.5 Å². The molecule has 5 heteroatoms. The van der Waals surface area contributed by atoms with Crippen molar-refractivity contribution in [2.45, 2.75) is 60.8 Å². The van der Waals surface area contributed by atoms with Crippen molar-refractivity contribution >= 4 is 17.3 Å². The first-order chi connectivity index (χ1) is 18.6. The van der Waals surface area contributed by atoms with Gasteiger partial charge in [-0.25, -0.2) is 0 Å². The average molecular weight is 515 g/mol. The van der Waals surface area contributed by atoms with Gasteiger partial charge in [0.2, 0.25) is 0 Å². The van der Waals surface area contributed by atoms with Gasteiger partial charge < -0.3 is 5.11 Å². The summed E-state index contributed by atoms with van der Waals surface area (Å²) in [6, 6.07) is 23.1. The number of hydrogen-bond acceptors (Lipinski definition) is 5. The third-order valence-corrected chi connectivity index (χ3v) is 5.98. The van der Waals surface area contributed by atoms with E-state index < -0.39 is 0 Å². The number of benzene rings is 3. The fourth-order valence-electron chi connectivity index (χ4n) is 4.41. The van der Waals surface area contributed by atoms with E-state index in [-0.39, 0.29) is 11.6 Å². The highest BCUT2D eigenvalue weighted by Gasteiger charge is 2.33. The van der Waals surface area contributed by atoms with Gasteiger partial charge in [-0.3, -0.25) is 9.59 Å².